The molecule has 1 rings (SSSR count). The van der Waals surface area contributed by atoms with Crippen LogP contribution in [-0.2, 0) is 6.54 Å². The molecule has 1 aromatic carbocycles. The fourth-order valence-electron chi connectivity index (χ4n) is 1.67. The average molecular weight is 298 g/mol. The molecule has 0 radical (unpaired) electrons. The van der Waals surface area contributed by atoms with Gasteiger partial charge in [0.15, 0.2) is 11.5 Å². The Bertz CT molecular complexity index is 453. The first-order valence-electron chi connectivity index (χ1n) is 6.72. The SMILES string of the molecule is C=CCCOc1c(CNC(C)(C)C)cc(Cl)cc1OC. The van der Waals surface area contributed by atoms with E-state index >= 15 is 0 Å². The van der Waals surface area contributed by atoms with Gasteiger partial charge in [0.25, 0.3) is 0 Å². The highest BCUT2D eigenvalue weighted by molar-refractivity contribution is 6.30. The molecule has 0 heterocycles. The highest BCUT2D eigenvalue weighted by Gasteiger charge is 2.15. The van der Waals surface area contributed by atoms with E-state index in [2.05, 4.69) is 32.7 Å². The minimum atomic E-state index is 0.0218. The number of halogens is 1. The number of hydrogen-bond donors (Lipinski definition) is 1. The lowest BCUT2D eigenvalue weighted by molar-refractivity contribution is 0.294. The predicted molar refractivity (Wildman–Crippen MR) is 84.9 cm³/mol. The summed E-state index contributed by atoms with van der Waals surface area (Å²) in [4.78, 5) is 0. The molecule has 0 amide bonds. The number of ether oxygens (including phenoxy) is 2. The Hall–Kier alpha value is -1.19. The second kappa shape index (κ2) is 7.55. The topological polar surface area (TPSA) is 30.5 Å². The van der Waals surface area contributed by atoms with Gasteiger partial charge >= 0.3 is 0 Å². The van der Waals surface area contributed by atoms with Crippen LogP contribution in [0.1, 0.15) is 32.8 Å². The van der Waals surface area contributed by atoms with E-state index in [1.165, 1.54) is 0 Å². The Kier molecular flexibility index (Phi) is 6.37. The first-order valence-corrected chi connectivity index (χ1v) is 7.10. The normalized spacial score (nSPS) is 11.2. The number of rotatable bonds is 7. The summed E-state index contributed by atoms with van der Waals surface area (Å²) in [6.45, 7) is 11.3. The summed E-state index contributed by atoms with van der Waals surface area (Å²) in [5, 5.41) is 4.08. The maximum atomic E-state index is 6.13. The Morgan fingerprint density at radius 1 is 1.35 bits per heavy atom. The molecule has 0 fully saturated rings. The zero-order valence-corrected chi connectivity index (χ0v) is 13.5. The number of benzene rings is 1. The molecule has 1 N–H and O–H groups in total. The van der Waals surface area contributed by atoms with Gasteiger partial charge in [-0.15, -0.1) is 6.58 Å². The lowest BCUT2D eigenvalue weighted by Gasteiger charge is -2.22. The van der Waals surface area contributed by atoms with Crippen LogP contribution in [0.2, 0.25) is 5.02 Å². The predicted octanol–water partition coefficient (Wildman–Crippen LogP) is 4.19. The highest BCUT2D eigenvalue weighted by atomic mass is 35.5. The van der Waals surface area contributed by atoms with Gasteiger partial charge in [0.1, 0.15) is 0 Å². The summed E-state index contributed by atoms with van der Waals surface area (Å²) < 4.78 is 11.2. The van der Waals surface area contributed by atoms with E-state index < -0.39 is 0 Å². The fourth-order valence-corrected chi connectivity index (χ4v) is 1.90. The van der Waals surface area contributed by atoms with E-state index in [9.17, 15) is 0 Å². The van der Waals surface area contributed by atoms with Crippen LogP contribution in [0, 0.1) is 0 Å². The molecule has 112 valence electrons. The summed E-state index contributed by atoms with van der Waals surface area (Å²) in [7, 11) is 1.62. The maximum absolute atomic E-state index is 6.13. The van der Waals surface area contributed by atoms with E-state index in [1.54, 1.807) is 13.2 Å². The molecular weight excluding hydrogens is 274 g/mol. The lowest BCUT2D eigenvalue weighted by atomic mass is 10.1. The third kappa shape index (κ3) is 5.43. The van der Waals surface area contributed by atoms with E-state index in [-0.39, 0.29) is 5.54 Å². The van der Waals surface area contributed by atoms with E-state index in [0.29, 0.717) is 23.9 Å². The fraction of sp³-hybridized carbons (Fsp3) is 0.500. The molecule has 4 heteroatoms. The maximum Gasteiger partial charge on any atom is 0.165 e. The molecule has 0 unspecified atom stereocenters. The van der Waals surface area contributed by atoms with Gasteiger partial charge in [-0.25, -0.2) is 0 Å². The van der Waals surface area contributed by atoms with E-state index in [4.69, 9.17) is 21.1 Å². The highest BCUT2D eigenvalue weighted by Crippen LogP contribution is 2.35. The standard InChI is InChI=1S/C16H24ClNO2/c1-6-7-8-20-15-12(11-18-16(2,3)4)9-13(17)10-14(15)19-5/h6,9-10,18H,1,7-8,11H2,2-5H3. The third-order valence-electron chi connectivity index (χ3n) is 2.69. The van der Waals surface area contributed by atoms with Crippen LogP contribution >= 0.6 is 11.6 Å². The van der Waals surface area contributed by atoms with Gasteiger partial charge in [0, 0.05) is 28.7 Å². The Morgan fingerprint density at radius 2 is 2.05 bits per heavy atom. The molecular formula is C16H24ClNO2. The molecule has 3 nitrogen and oxygen atoms in total. The molecule has 0 atom stereocenters. The van der Waals surface area contributed by atoms with Crippen LogP contribution in [-0.4, -0.2) is 19.3 Å². The summed E-state index contributed by atoms with van der Waals surface area (Å²) in [6, 6.07) is 3.68. The summed E-state index contributed by atoms with van der Waals surface area (Å²) in [5.74, 6) is 1.41. The number of hydrogen-bond acceptors (Lipinski definition) is 3. The third-order valence-corrected chi connectivity index (χ3v) is 2.91. The average Bonchev–Trinajstić information content (AvgIpc) is 2.37. The molecule has 0 aliphatic carbocycles. The minimum absolute atomic E-state index is 0.0218. The summed E-state index contributed by atoms with van der Waals surface area (Å²) in [6.07, 6.45) is 2.62. The molecule has 0 bridgehead atoms. The van der Waals surface area contributed by atoms with Gasteiger partial charge in [-0.3, -0.25) is 0 Å². The van der Waals surface area contributed by atoms with Crippen LogP contribution in [0.3, 0.4) is 0 Å². The van der Waals surface area contributed by atoms with Gasteiger partial charge in [0.2, 0.25) is 0 Å². The van der Waals surface area contributed by atoms with Crippen LogP contribution in [0.4, 0.5) is 0 Å². The van der Waals surface area contributed by atoms with E-state index in [1.807, 2.05) is 12.1 Å². The van der Waals surface area contributed by atoms with Crippen molar-refractivity contribution in [2.45, 2.75) is 39.3 Å². The van der Waals surface area contributed by atoms with Crippen LogP contribution in [0.25, 0.3) is 0 Å². The zero-order valence-electron chi connectivity index (χ0n) is 12.8. The minimum Gasteiger partial charge on any atom is -0.493 e. The largest absolute Gasteiger partial charge is 0.493 e. The molecule has 0 aliphatic rings. The number of methoxy groups -OCH3 is 1. The molecule has 0 saturated heterocycles. The van der Waals surface area contributed by atoms with Gasteiger partial charge in [0.05, 0.1) is 13.7 Å². The van der Waals surface area contributed by atoms with Crippen LogP contribution < -0.4 is 14.8 Å². The van der Waals surface area contributed by atoms with Crippen molar-refractivity contribution in [3.63, 3.8) is 0 Å². The molecule has 0 saturated carbocycles. The Labute approximate surface area is 126 Å². The van der Waals surface area contributed by atoms with Gasteiger partial charge in [-0.2, -0.15) is 0 Å². The molecule has 0 spiro atoms. The Balaban J connectivity index is 2.98. The van der Waals surface area contributed by atoms with Crippen molar-refractivity contribution in [3.8, 4) is 11.5 Å². The van der Waals surface area contributed by atoms with Crippen molar-refractivity contribution in [3.05, 3.63) is 35.4 Å². The second-order valence-corrected chi connectivity index (χ2v) is 6.06. The van der Waals surface area contributed by atoms with Gasteiger partial charge in [-0.05, 0) is 33.3 Å². The Morgan fingerprint density at radius 3 is 2.60 bits per heavy atom. The van der Waals surface area contributed by atoms with Crippen LogP contribution in [0.5, 0.6) is 11.5 Å². The van der Waals surface area contributed by atoms with Crippen LogP contribution in [0.15, 0.2) is 24.8 Å². The smallest absolute Gasteiger partial charge is 0.165 e. The van der Waals surface area contributed by atoms with Crippen molar-refractivity contribution in [1.82, 2.24) is 5.32 Å². The lowest BCUT2D eigenvalue weighted by Crippen LogP contribution is -2.35. The quantitative estimate of drug-likeness (QED) is 0.604. The number of nitrogens with one attached hydrogen (secondary N) is 1. The first-order chi connectivity index (χ1) is 9.37. The molecule has 1 aromatic rings. The van der Waals surface area contributed by atoms with Crippen molar-refractivity contribution in [2.24, 2.45) is 0 Å². The first kappa shape index (κ1) is 16.9. The van der Waals surface area contributed by atoms with E-state index in [0.717, 1.165) is 17.7 Å². The molecule has 20 heavy (non-hydrogen) atoms. The van der Waals surface area contributed by atoms with Crippen molar-refractivity contribution >= 4 is 11.6 Å². The van der Waals surface area contributed by atoms with Gasteiger partial charge in [-0.1, -0.05) is 17.7 Å². The molecule has 0 aliphatic heterocycles. The molecule has 0 aromatic heterocycles. The second-order valence-electron chi connectivity index (χ2n) is 5.63. The van der Waals surface area contributed by atoms with Crippen molar-refractivity contribution < 1.29 is 9.47 Å². The monoisotopic (exact) mass is 297 g/mol. The van der Waals surface area contributed by atoms with Crippen molar-refractivity contribution in [2.75, 3.05) is 13.7 Å². The van der Waals surface area contributed by atoms with Crippen molar-refractivity contribution in [1.29, 1.82) is 0 Å². The van der Waals surface area contributed by atoms with Gasteiger partial charge < -0.3 is 14.8 Å². The summed E-state index contributed by atoms with van der Waals surface area (Å²) in [5.41, 5.74) is 1.02. The summed E-state index contributed by atoms with van der Waals surface area (Å²) >= 11 is 6.13. The zero-order chi connectivity index (χ0) is 15.2.